The number of benzene rings is 2. The van der Waals surface area contributed by atoms with E-state index >= 15 is 0 Å². The minimum Gasteiger partial charge on any atom is -0.456 e. The molecule has 2 amide bonds. The van der Waals surface area contributed by atoms with Gasteiger partial charge in [-0.1, -0.05) is 30.3 Å². The Morgan fingerprint density at radius 1 is 0.938 bits per heavy atom. The van der Waals surface area contributed by atoms with Gasteiger partial charge in [-0.3, -0.25) is 14.3 Å². The fourth-order valence-corrected chi connectivity index (χ4v) is 6.16. The minimum absolute atomic E-state index is 0.0431. The molecule has 258 valence electrons. The summed E-state index contributed by atoms with van der Waals surface area (Å²) in [5.41, 5.74) is -1.84. The van der Waals surface area contributed by atoms with Crippen molar-refractivity contribution in [3.05, 3.63) is 89.0 Å². The van der Waals surface area contributed by atoms with Crippen molar-refractivity contribution >= 4 is 17.8 Å². The molecule has 1 aromatic heterocycles. The molecule has 0 radical (unpaired) electrons. The van der Waals surface area contributed by atoms with Gasteiger partial charge in [0.15, 0.2) is 0 Å². The Morgan fingerprint density at radius 3 is 2.23 bits per heavy atom. The first-order valence-corrected chi connectivity index (χ1v) is 15.7. The Hall–Kier alpha value is -4.26. The summed E-state index contributed by atoms with van der Waals surface area (Å²) in [6.07, 6.45) is -1.68. The summed E-state index contributed by atoms with van der Waals surface area (Å²) >= 11 is 0. The van der Waals surface area contributed by atoms with Crippen molar-refractivity contribution < 1.29 is 41.4 Å². The molecule has 48 heavy (non-hydrogen) atoms. The van der Waals surface area contributed by atoms with E-state index in [0.29, 0.717) is 23.2 Å². The molecular weight excluding hydrogens is 632 g/mol. The molecule has 0 aliphatic carbocycles. The number of nitrogens with zero attached hydrogens (tertiary/aromatic N) is 4. The van der Waals surface area contributed by atoms with Crippen molar-refractivity contribution in [3.8, 4) is 0 Å². The molecule has 3 heterocycles. The van der Waals surface area contributed by atoms with Crippen LogP contribution in [0.4, 0.5) is 17.6 Å². The molecular formula is C35H40F4N4O5. The predicted octanol–water partition coefficient (Wildman–Crippen LogP) is 5.73. The highest BCUT2D eigenvalue weighted by Crippen LogP contribution is 2.48. The van der Waals surface area contributed by atoms with E-state index in [0.717, 1.165) is 19.4 Å². The van der Waals surface area contributed by atoms with Crippen LogP contribution in [0, 0.1) is 22.6 Å². The number of aromatic nitrogens is 2. The molecule has 3 aromatic rings. The first kappa shape index (κ1) is 35.1. The Balaban J connectivity index is 1.30. The van der Waals surface area contributed by atoms with Gasteiger partial charge in [-0.2, -0.15) is 18.3 Å². The van der Waals surface area contributed by atoms with Crippen LogP contribution in [0.15, 0.2) is 60.9 Å². The van der Waals surface area contributed by atoms with Crippen LogP contribution in [0.25, 0.3) is 0 Å². The summed E-state index contributed by atoms with van der Waals surface area (Å²) in [6.45, 7) is 8.15. The fourth-order valence-electron chi connectivity index (χ4n) is 6.16. The zero-order chi connectivity index (χ0) is 35.1. The van der Waals surface area contributed by atoms with Crippen molar-refractivity contribution in [3.63, 3.8) is 0 Å². The van der Waals surface area contributed by atoms with Crippen molar-refractivity contribution in [2.24, 2.45) is 16.7 Å². The lowest BCUT2D eigenvalue weighted by molar-refractivity contribution is -0.223. The highest BCUT2D eigenvalue weighted by Gasteiger charge is 2.61. The zero-order valence-electron chi connectivity index (χ0n) is 27.6. The number of alkyl halides is 3. The Kier molecular flexibility index (Phi) is 9.48. The number of ether oxygens (including phenoxy) is 2. The van der Waals surface area contributed by atoms with E-state index in [2.05, 4.69) is 5.10 Å². The third kappa shape index (κ3) is 7.40. The Labute approximate surface area is 276 Å². The topological polar surface area (TPSA) is 94.0 Å². The smallest absolute Gasteiger partial charge is 0.402 e. The Morgan fingerprint density at radius 2 is 1.58 bits per heavy atom. The first-order chi connectivity index (χ1) is 22.4. The largest absolute Gasteiger partial charge is 0.456 e. The molecule has 2 aliphatic rings. The molecule has 5 rings (SSSR count). The number of amides is 2. The average molecular weight is 673 g/mol. The number of esters is 1. The van der Waals surface area contributed by atoms with E-state index in [9.17, 15) is 31.9 Å². The van der Waals surface area contributed by atoms with Gasteiger partial charge < -0.3 is 19.3 Å². The monoisotopic (exact) mass is 672 g/mol. The standard InChI is InChI=1S/C35H40F4N4O5/c1-32(2,3)48-30(45)28-9-7-6-8-24(28)18-47-19-26-17-41(20-34(26)21-42(22-34)31(46)33(4,5)35(37,38)39)29(44)25-14-40-43(16-25)15-23-10-12-27(36)13-11-23/h6-14,16,26H,15,17-22H2,1-5H3. The summed E-state index contributed by atoms with van der Waals surface area (Å²) in [5, 5.41) is 4.28. The molecule has 1 spiro atoms. The van der Waals surface area contributed by atoms with Crippen LogP contribution in [0.3, 0.4) is 0 Å². The van der Waals surface area contributed by atoms with Gasteiger partial charge in [0.1, 0.15) is 16.8 Å². The van der Waals surface area contributed by atoms with Gasteiger partial charge in [0.25, 0.3) is 5.91 Å². The fraction of sp³-hybridized carbons (Fsp3) is 0.486. The van der Waals surface area contributed by atoms with Gasteiger partial charge in [0.05, 0.1) is 37.1 Å². The lowest BCUT2D eigenvalue weighted by atomic mass is 9.70. The molecule has 1 unspecified atom stereocenters. The van der Waals surface area contributed by atoms with Crippen LogP contribution in [0.1, 0.15) is 66.5 Å². The number of carbonyl (C=O) groups is 3. The van der Waals surface area contributed by atoms with E-state index < -0.39 is 34.5 Å². The van der Waals surface area contributed by atoms with Crippen molar-refractivity contribution in [2.75, 3.05) is 32.8 Å². The van der Waals surface area contributed by atoms with Crippen LogP contribution in [0.5, 0.6) is 0 Å². The van der Waals surface area contributed by atoms with E-state index in [-0.39, 0.29) is 57.0 Å². The van der Waals surface area contributed by atoms with Gasteiger partial charge in [-0.15, -0.1) is 0 Å². The predicted molar refractivity (Wildman–Crippen MR) is 167 cm³/mol. The number of carbonyl (C=O) groups excluding carboxylic acids is 3. The second kappa shape index (κ2) is 13.0. The summed E-state index contributed by atoms with van der Waals surface area (Å²) in [4.78, 5) is 42.3. The van der Waals surface area contributed by atoms with Crippen molar-refractivity contribution in [1.82, 2.24) is 19.6 Å². The second-order valence-electron chi connectivity index (χ2n) is 14.3. The molecule has 0 N–H and O–H groups in total. The van der Waals surface area contributed by atoms with Gasteiger partial charge in [0, 0.05) is 43.7 Å². The van der Waals surface area contributed by atoms with Crippen LogP contribution in [-0.2, 0) is 27.4 Å². The molecule has 1 atom stereocenters. The number of hydrogen-bond acceptors (Lipinski definition) is 6. The summed E-state index contributed by atoms with van der Waals surface area (Å²) < 4.78 is 67.6. The molecule has 9 nitrogen and oxygen atoms in total. The lowest BCUT2D eigenvalue weighted by Gasteiger charge is -2.52. The Bertz CT molecular complexity index is 1660. The number of rotatable bonds is 9. The van der Waals surface area contributed by atoms with Crippen LogP contribution >= 0.6 is 0 Å². The third-order valence-corrected chi connectivity index (χ3v) is 8.99. The van der Waals surface area contributed by atoms with Crippen LogP contribution in [0.2, 0.25) is 0 Å². The van der Waals surface area contributed by atoms with Crippen molar-refractivity contribution in [2.45, 2.75) is 59.5 Å². The van der Waals surface area contributed by atoms with E-state index in [4.69, 9.17) is 9.47 Å². The quantitative estimate of drug-likeness (QED) is 0.213. The zero-order valence-corrected chi connectivity index (χ0v) is 27.6. The highest BCUT2D eigenvalue weighted by molar-refractivity contribution is 5.94. The van der Waals surface area contributed by atoms with E-state index in [1.807, 2.05) is 0 Å². The van der Waals surface area contributed by atoms with Crippen LogP contribution in [-0.4, -0.2) is 81.9 Å². The van der Waals surface area contributed by atoms with Crippen molar-refractivity contribution in [1.29, 1.82) is 0 Å². The lowest BCUT2D eigenvalue weighted by Crippen LogP contribution is -2.66. The van der Waals surface area contributed by atoms with Crippen LogP contribution < -0.4 is 0 Å². The molecule has 2 saturated heterocycles. The highest BCUT2D eigenvalue weighted by atomic mass is 19.4. The van der Waals surface area contributed by atoms with Gasteiger partial charge >= 0.3 is 12.1 Å². The summed E-state index contributed by atoms with van der Waals surface area (Å²) in [6, 6.07) is 12.8. The third-order valence-electron chi connectivity index (χ3n) is 8.99. The SMILES string of the molecule is CC(C)(C)OC(=O)c1ccccc1COCC1CN(C(=O)c2cnn(Cc3ccc(F)cc3)c2)CC12CN(C(=O)C(C)(C)C(F)(F)F)C2. The second-order valence-corrected chi connectivity index (χ2v) is 14.3. The van der Waals surface area contributed by atoms with Gasteiger partial charge in [0.2, 0.25) is 5.91 Å². The molecule has 2 aliphatic heterocycles. The van der Waals surface area contributed by atoms with E-state index in [1.165, 1.54) is 23.2 Å². The number of hydrogen-bond donors (Lipinski definition) is 0. The van der Waals surface area contributed by atoms with Gasteiger partial charge in [-0.05, 0) is 63.9 Å². The maximum absolute atomic E-state index is 13.7. The normalized spacial score (nSPS) is 17.8. The average Bonchev–Trinajstić information content (AvgIpc) is 3.61. The number of likely N-dealkylation sites (tertiary alicyclic amines) is 2. The maximum atomic E-state index is 13.7. The molecule has 2 fully saturated rings. The molecule has 2 aromatic carbocycles. The maximum Gasteiger partial charge on any atom is 0.402 e. The summed E-state index contributed by atoms with van der Waals surface area (Å²) in [7, 11) is 0. The summed E-state index contributed by atoms with van der Waals surface area (Å²) in [5.74, 6) is -2.47. The minimum atomic E-state index is -4.72. The van der Waals surface area contributed by atoms with E-state index in [1.54, 1.807) is 72.9 Å². The molecule has 0 saturated carbocycles. The number of halogens is 4. The molecule has 0 bridgehead atoms. The molecule has 13 heteroatoms. The van der Waals surface area contributed by atoms with Gasteiger partial charge in [-0.25, -0.2) is 9.18 Å². The first-order valence-electron chi connectivity index (χ1n) is 15.7.